The zero-order chi connectivity index (χ0) is 32.6. The number of piperidine rings is 1. The van der Waals surface area contributed by atoms with Crippen molar-refractivity contribution in [3.63, 3.8) is 0 Å². The molecule has 1 aromatic heterocycles. The number of aryl methyl sites for hydroxylation is 2. The van der Waals surface area contributed by atoms with Crippen LogP contribution in [0, 0.1) is 6.92 Å². The molecule has 0 aliphatic carbocycles. The molecule has 240 valence electrons. The van der Waals surface area contributed by atoms with Gasteiger partial charge in [0.1, 0.15) is 0 Å². The van der Waals surface area contributed by atoms with E-state index in [9.17, 15) is 14.4 Å². The molecular weight excluding hydrogens is 576 g/mol. The van der Waals surface area contributed by atoms with Crippen molar-refractivity contribution in [3.8, 4) is 11.3 Å². The van der Waals surface area contributed by atoms with E-state index in [4.69, 9.17) is 4.98 Å². The first-order valence-corrected chi connectivity index (χ1v) is 16.2. The lowest BCUT2D eigenvalue weighted by Gasteiger charge is -2.31. The number of anilines is 3. The fraction of sp³-hybridized carbons (Fsp3) is 0.351. The number of likely N-dealkylation sites (tertiary alicyclic amines) is 1. The van der Waals surface area contributed by atoms with E-state index in [1.807, 2.05) is 49.4 Å². The van der Waals surface area contributed by atoms with E-state index in [1.54, 1.807) is 37.5 Å². The van der Waals surface area contributed by atoms with E-state index in [0.29, 0.717) is 28.2 Å². The maximum Gasteiger partial charge on any atom is 0.293 e. The first kappa shape index (κ1) is 32.6. The molecule has 0 spiro atoms. The Kier molecular flexibility index (Phi) is 10.6. The van der Waals surface area contributed by atoms with Gasteiger partial charge in [0.25, 0.3) is 17.4 Å². The van der Waals surface area contributed by atoms with Crippen molar-refractivity contribution in [2.45, 2.75) is 58.9 Å². The van der Waals surface area contributed by atoms with Crippen LogP contribution in [0.15, 0.2) is 77.7 Å². The van der Waals surface area contributed by atoms with Crippen molar-refractivity contribution in [1.82, 2.24) is 19.8 Å². The number of hydrogen-bond acceptors (Lipinski definition) is 6. The maximum absolute atomic E-state index is 13.3. The van der Waals surface area contributed by atoms with Gasteiger partial charge in [-0.1, -0.05) is 50.6 Å². The largest absolute Gasteiger partial charge is 0.349 e. The quantitative estimate of drug-likeness (QED) is 0.181. The average Bonchev–Trinajstić information content (AvgIpc) is 3.07. The van der Waals surface area contributed by atoms with Gasteiger partial charge in [0, 0.05) is 60.4 Å². The van der Waals surface area contributed by atoms with Gasteiger partial charge in [-0.25, -0.2) is 4.98 Å². The summed E-state index contributed by atoms with van der Waals surface area (Å²) in [6, 6.07) is 20.6. The SMILES string of the molecule is CCCCc1ccccc1C(=O)Nc1cccc(-c2cn(C)c(=O)c(Nc3ccc(C(=O)NC4CCN(CC)CC4)cc3)n2)c1C. The minimum atomic E-state index is -0.283. The van der Waals surface area contributed by atoms with Gasteiger partial charge in [0.15, 0.2) is 5.82 Å². The lowest BCUT2D eigenvalue weighted by Crippen LogP contribution is -2.44. The first-order chi connectivity index (χ1) is 22.3. The summed E-state index contributed by atoms with van der Waals surface area (Å²) in [7, 11) is 1.69. The zero-order valence-corrected chi connectivity index (χ0v) is 27.2. The van der Waals surface area contributed by atoms with Crippen molar-refractivity contribution in [2.75, 3.05) is 30.3 Å². The monoisotopic (exact) mass is 620 g/mol. The summed E-state index contributed by atoms with van der Waals surface area (Å²) >= 11 is 0. The molecule has 1 saturated heterocycles. The third-order valence-electron chi connectivity index (χ3n) is 8.77. The Morgan fingerprint density at radius 1 is 0.935 bits per heavy atom. The minimum Gasteiger partial charge on any atom is -0.349 e. The van der Waals surface area contributed by atoms with E-state index in [0.717, 1.165) is 68.4 Å². The van der Waals surface area contributed by atoms with Crippen LogP contribution in [0.25, 0.3) is 11.3 Å². The molecule has 3 N–H and O–H groups in total. The molecule has 1 aliphatic rings. The first-order valence-electron chi connectivity index (χ1n) is 16.2. The molecule has 2 amide bonds. The summed E-state index contributed by atoms with van der Waals surface area (Å²) in [6.45, 7) is 9.27. The smallest absolute Gasteiger partial charge is 0.293 e. The lowest BCUT2D eigenvalue weighted by atomic mass is 10.0. The minimum absolute atomic E-state index is 0.0931. The summed E-state index contributed by atoms with van der Waals surface area (Å²) in [5.74, 6) is -0.0789. The number of rotatable bonds is 11. The Morgan fingerprint density at radius 2 is 1.67 bits per heavy atom. The zero-order valence-electron chi connectivity index (χ0n) is 27.2. The summed E-state index contributed by atoms with van der Waals surface area (Å²) < 4.78 is 1.49. The van der Waals surface area contributed by atoms with Crippen molar-refractivity contribution in [2.24, 2.45) is 7.05 Å². The van der Waals surface area contributed by atoms with E-state index in [1.165, 1.54) is 4.57 Å². The Hall–Kier alpha value is -4.76. The fourth-order valence-corrected chi connectivity index (χ4v) is 5.89. The maximum atomic E-state index is 13.3. The van der Waals surface area contributed by atoms with Gasteiger partial charge in [0.05, 0.1) is 5.69 Å². The van der Waals surface area contributed by atoms with E-state index >= 15 is 0 Å². The molecule has 0 bridgehead atoms. The molecule has 0 unspecified atom stereocenters. The number of benzene rings is 3. The van der Waals surface area contributed by atoms with Crippen LogP contribution in [0.1, 0.15) is 71.4 Å². The number of hydrogen-bond donors (Lipinski definition) is 3. The van der Waals surface area contributed by atoms with Gasteiger partial charge in [-0.05, 0) is 86.7 Å². The topological polar surface area (TPSA) is 108 Å². The number of nitrogens with zero attached hydrogens (tertiary/aromatic N) is 3. The third kappa shape index (κ3) is 7.72. The second-order valence-electron chi connectivity index (χ2n) is 12.0. The standard InChI is InChI=1S/C37H44N6O3/c1-5-7-11-26-12-8-9-13-31(26)36(45)41-32-15-10-14-30(25(32)3)33-24-42(4)37(46)34(40-33)38-28-18-16-27(17-19-28)35(44)39-29-20-22-43(6-2)23-21-29/h8-10,12-19,24,29H,5-7,11,20-23H2,1-4H3,(H,38,40)(H,39,44)(H,41,45). The van der Waals surface area contributed by atoms with Crippen molar-refractivity contribution in [1.29, 1.82) is 0 Å². The lowest BCUT2D eigenvalue weighted by molar-refractivity contribution is 0.0912. The molecule has 0 atom stereocenters. The predicted octanol–water partition coefficient (Wildman–Crippen LogP) is 6.31. The highest BCUT2D eigenvalue weighted by Crippen LogP contribution is 2.29. The summed E-state index contributed by atoms with van der Waals surface area (Å²) in [4.78, 5) is 46.4. The van der Waals surface area contributed by atoms with Gasteiger partial charge in [0.2, 0.25) is 0 Å². The summed E-state index contributed by atoms with van der Waals surface area (Å²) in [6.07, 6.45) is 6.53. The molecule has 0 saturated carbocycles. The van der Waals surface area contributed by atoms with Gasteiger partial charge < -0.3 is 25.4 Å². The number of carbonyl (C=O) groups is 2. The van der Waals surface area contributed by atoms with Crippen molar-refractivity contribution in [3.05, 3.63) is 106 Å². The third-order valence-corrected chi connectivity index (χ3v) is 8.77. The van der Waals surface area contributed by atoms with Crippen LogP contribution in [-0.4, -0.2) is 51.9 Å². The second-order valence-corrected chi connectivity index (χ2v) is 12.0. The van der Waals surface area contributed by atoms with Crippen LogP contribution < -0.4 is 21.5 Å². The van der Waals surface area contributed by atoms with Crippen LogP contribution in [-0.2, 0) is 13.5 Å². The summed E-state index contributed by atoms with van der Waals surface area (Å²) in [5.41, 5.74) is 5.56. The van der Waals surface area contributed by atoms with Crippen molar-refractivity contribution >= 4 is 29.0 Å². The van der Waals surface area contributed by atoms with Crippen LogP contribution in [0.5, 0.6) is 0 Å². The van der Waals surface area contributed by atoms with Gasteiger partial charge in [-0.2, -0.15) is 0 Å². The number of amides is 2. The van der Waals surface area contributed by atoms with Gasteiger partial charge >= 0.3 is 0 Å². The highest BCUT2D eigenvalue weighted by Gasteiger charge is 2.20. The van der Waals surface area contributed by atoms with E-state index in [-0.39, 0.29) is 29.2 Å². The highest BCUT2D eigenvalue weighted by atomic mass is 16.2. The number of nitrogens with one attached hydrogen (secondary N) is 3. The molecule has 46 heavy (non-hydrogen) atoms. The molecule has 1 aliphatic heterocycles. The molecule has 3 aromatic carbocycles. The van der Waals surface area contributed by atoms with Gasteiger partial charge in [-0.3, -0.25) is 14.4 Å². The molecule has 9 heteroatoms. The van der Waals surface area contributed by atoms with Gasteiger partial charge in [-0.15, -0.1) is 0 Å². The molecule has 1 fully saturated rings. The Labute approximate surface area is 271 Å². The number of carbonyl (C=O) groups excluding carboxylic acids is 2. The molecule has 5 rings (SSSR count). The summed E-state index contributed by atoms with van der Waals surface area (Å²) in [5, 5.41) is 9.39. The molecular formula is C37H44N6O3. The molecule has 4 aromatic rings. The van der Waals surface area contributed by atoms with Crippen LogP contribution in [0.4, 0.5) is 17.2 Å². The number of unbranched alkanes of at least 4 members (excludes halogenated alkanes) is 1. The second kappa shape index (κ2) is 15.0. The van der Waals surface area contributed by atoms with Crippen LogP contribution >= 0.6 is 0 Å². The van der Waals surface area contributed by atoms with E-state index < -0.39 is 0 Å². The number of aromatic nitrogens is 2. The Morgan fingerprint density at radius 3 is 2.39 bits per heavy atom. The predicted molar refractivity (Wildman–Crippen MR) is 185 cm³/mol. The Balaban J connectivity index is 1.31. The van der Waals surface area contributed by atoms with E-state index in [2.05, 4.69) is 34.7 Å². The molecule has 9 nitrogen and oxygen atoms in total. The molecule has 0 radical (unpaired) electrons. The van der Waals surface area contributed by atoms with Crippen LogP contribution in [0.3, 0.4) is 0 Å². The highest BCUT2D eigenvalue weighted by molar-refractivity contribution is 6.06. The normalized spacial score (nSPS) is 13.7. The molecule has 2 heterocycles. The fourth-order valence-electron chi connectivity index (χ4n) is 5.89. The Bertz CT molecular complexity index is 1740. The van der Waals surface area contributed by atoms with Crippen LogP contribution in [0.2, 0.25) is 0 Å². The van der Waals surface area contributed by atoms with Crippen molar-refractivity contribution < 1.29 is 9.59 Å². The average molecular weight is 621 g/mol.